The molecule has 1 aromatic heterocycles. The highest BCUT2D eigenvalue weighted by atomic mass is 32.1. The molecular weight excluding hydrogens is 400 g/mol. The molecule has 1 aromatic carbocycles. The number of carboxylic acids is 1. The second-order valence-electron chi connectivity index (χ2n) is 8.45. The lowest BCUT2D eigenvalue weighted by Crippen LogP contribution is -2.26. The zero-order valence-corrected chi connectivity index (χ0v) is 18.5. The number of thiophene rings is 1. The van der Waals surface area contributed by atoms with E-state index in [9.17, 15) is 10.1 Å². The maximum absolute atomic E-state index is 10.7. The SMILES string of the molecule is COc1cc(C=Nc2sc3c(c2C#N)CC[C@H](C(C)(C)C)C3)ccc1OCC(=O)O. The summed E-state index contributed by atoms with van der Waals surface area (Å²) in [5.74, 6) is 0.338. The fourth-order valence-corrected chi connectivity index (χ4v) is 4.89. The van der Waals surface area contributed by atoms with Crippen LogP contribution in [0.4, 0.5) is 5.00 Å². The van der Waals surface area contributed by atoms with E-state index < -0.39 is 12.6 Å². The van der Waals surface area contributed by atoms with Crippen LogP contribution in [0.5, 0.6) is 11.5 Å². The van der Waals surface area contributed by atoms with Crippen molar-refractivity contribution in [3.63, 3.8) is 0 Å². The van der Waals surface area contributed by atoms with Gasteiger partial charge < -0.3 is 14.6 Å². The Morgan fingerprint density at radius 1 is 1.40 bits per heavy atom. The van der Waals surface area contributed by atoms with E-state index in [-0.39, 0.29) is 5.41 Å². The molecular formula is C23H26N2O4S. The number of methoxy groups -OCH3 is 1. The Hall–Kier alpha value is -2.85. The lowest BCUT2D eigenvalue weighted by atomic mass is 9.72. The summed E-state index contributed by atoms with van der Waals surface area (Å²) >= 11 is 1.61. The Labute approximate surface area is 180 Å². The van der Waals surface area contributed by atoms with Crippen molar-refractivity contribution < 1.29 is 19.4 Å². The molecule has 0 amide bonds. The molecule has 0 radical (unpaired) electrons. The normalized spacial score (nSPS) is 16.2. The van der Waals surface area contributed by atoms with Gasteiger partial charge in [0.05, 0.1) is 12.7 Å². The van der Waals surface area contributed by atoms with Crippen LogP contribution in [0.15, 0.2) is 23.2 Å². The van der Waals surface area contributed by atoms with Gasteiger partial charge in [-0.3, -0.25) is 0 Å². The number of fused-ring (bicyclic) bond motifs is 1. The molecule has 0 unspecified atom stereocenters. The van der Waals surface area contributed by atoms with E-state index in [1.165, 1.54) is 12.0 Å². The van der Waals surface area contributed by atoms with Gasteiger partial charge in [0.1, 0.15) is 11.1 Å². The molecule has 0 saturated heterocycles. The second-order valence-corrected chi connectivity index (χ2v) is 9.54. The van der Waals surface area contributed by atoms with E-state index >= 15 is 0 Å². The predicted molar refractivity (Wildman–Crippen MR) is 117 cm³/mol. The second kappa shape index (κ2) is 8.88. The Kier molecular flexibility index (Phi) is 6.47. The monoisotopic (exact) mass is 426 g/mol. The number of nitriles is 1. The van der Waals surface area contributed by atoms with Crippen LogP contribution in [0, 0.1) is 22.7 Å². The molecule has 1 aliphatic rings. The summed E-state index contributed by atoms with van der Waals surface area (Å²) in [4.78, 5) is 16.6. The fourth-order valence-electron chi connectivity index (χ4n) is 3.67. The first-order valence-electron chi connectivity index (χ1n) is 9.84. The predicted octanol–water partition coefficient (Wildman–Crippen LogP) is 4.99. The number of aliphatic imine (C=N–C) groups is 1. The molecule has 158 valence electrons. The fraction of sp³-hybridized carbons (Fsp3) is 0.435. The topological polar surface area (TPSA) is 91.9 Å². The van der Waals surface area contributed by atoms with Crippen LogP contribution in [-0.4, -0.2) is 31.0 Å². The van der Waals surface area contributed by atoms with Gasteiger partial charge in [0.15, 0.2) is 18.1 Å². The van der Waals surface area contributed by atoms with Crippen LogP contribution < -0.4 is 9.47 Å². The van der Waals surface area contributed by atoms with Crippen molar-refractivity contribution >= 4 is 28.5 Å². The van der Waals surface area contributed by atoms with Gasteiger partial charge in [-0.2, -0.15) is 5.26 Å². The molecule has 1 atom stereocenters. The van der Waals surface area contributed by atoms with E-state index in [0.29, 0.717) is 23.0 Å². The van der Waals surface area contributed by atoms with Crippen molar-refractivity contribution in [3.05, 3.63) is 39.8 Å². The Morgan fingerprint density at radius 2 is 2.17 bits per heavy atom. The quantitative estimate of drug-likeness (QED) is 0.657. The van der Waals surface area contributed by atoms with Crippen LogP contribution in [0.25, 0.3) is 0 Å². The molecule has 0 bridgehead atoms. The maximum Gasteiger partial charge on any atom is 0.341 e. The van der Waals surface area contributed by atoms with Crippen LogP contribution in [-0.2, 0) is 17.6 Å². The number of carbonyl (C=O) groups is 1. The first-order valence-corrected chi connectivity index (χ1v) is 10.7. The highest BCUT2D eigenvalue weighted by molar-refractivity contribution is 7.16. The van der Waals surface area contributed by atoms with Gasteiger partial charge in [-0.15, -0.1) is 11.3 Å². The molecule has 2 aromatic rings. The summed E-state index contributed by atoms with van der Waals surface area (Å²) in [7, 11) is 1.50. The van der Waals surface area contributed by atoms with Gasteiger partial charge in [0.2, 0.25) is 0 Å². The lowest BCUT2D eigenvalue weighted by molar-refractivity contribution is -0.139. The molecule has 1 aliphatic carbocycles. The van der Waals surface area contributed by atoms with E-state index in [2.05, 4.69) is 31.8 Å². The van der Waals surface area contributed by atoms with E-state index in [1.54, 1.807) is 35.8 Å². The molecule has 0 spiro atoms. The standard InChI is InChI=1S/C23H26N2O4S/c1-23(2,3)15-6-7-16-17(11-24)22(30-20(16)10-15)25-12-14-5-8-18(19(9-14)28-4)29-13-21(26)27/h5,8-9,12,15H,6-7,10,13H2,1-4H3,(H,26,27)/t15-/m0/s1. The Bertz CT molecular complexity index is 1010. The van der Waals surface area contributed by atoms with Gasteiger partial charge >= 0.3 is 5.97 Å². The zero-order valence-electron chi connectivity index (χ0n) is 17.7. The van der Waals surface area contributed by atoms with Crippen LogP contribution in [0.1, 0.15) is 48.8 Å². The summed E-state index contributed by atoms with van der Waals surface area (Å²) in [5, 5.41) is 19.2. The van der Waals surface area contributed by atoms with Gasteiger partial charge in [0, 0.05) is 11.1 Å². The van der Waals surface area contributed by atoms with Gasteiger partial charge in [-0.25, -0.2) is 9.79 Å². The van der Waals surface area contributed by atoms with Crippen LogP contribution in [0.3, 0.4) is 0 Å². The first kappa shape index (κ1) is 21.8. The average molecular weight is 427 g/mol. The van der Waals surface area contributed by atoms with Crippen molar-refractivity contribution in [2.24, 2.45) is 16.3 Å². The third kappa shape index (κ3) is 4.82. The third-order valence-corrected chi connectivity index (χ3v) is 6.62. The van der Waals surface area contributed by atoms with Crippen molar-refractivity contribution in [2.75, 3.05) is 13.7 Å². The molecule has 0 saturated carbocycles. The molecule has 3 rings (SSSR count). The van der Waals surface area contributed by atoms with Crippen molar-refractivity contribution in [2.45, 2.75) is 40.0 Å². The smallest absolute Gasteiger partial charge is 0.341 e. The summed E-state index contributed by atoms with van der Waals surface area (Å²) < 4.78 is 10.5. The minimum Gasteiger partial charge on any atom is -0.493 e. The van der Waals surface area contributed by atoms with Gasteiger partial charge in [-0.1, -0.05) is 20.8 Å². The Balaban J connectivity index is 1.84. The number of carboxylic acid groups (broad SMARTS) is 1. The van der Waals surface area contributed by atoms with Crippen molar-refractivity contribution in [1.82, 2.24) is 0 Å². The number of benzene rings is 1. The average Bonchev–Trinajstić information content (AvgIpc) is 3.06. The van der Waals surface area contributed by atoms with Crippen molar-refractivity contribution in [3.8, 4) is 17.6 Å². The third-order valence-electron chi connectivity index (χ3n) is 5.45. The number of nitrogens with zero attached hydrogens (tertiary/aromatic N) is 2. The van der Waals surface area contributed by atoms with Crippen LogP contribution >= 0.6 is 11.3 Å². The van der Waals surface area contributed by atoms with E-state index in [4.69, 9.17) is 14.6 Å². The first-order chi connectivity index (χ1) is 14.2. The minimum absolute atomic E-state index is 0.249. The van der Waals surface area contributed by atoms with Gasteiger partial charge in [0.25, 0.3) is 0 Å². The zero-order chi connectivity index (χ0) is 21.9. The number of hydrogen-bond acceptors (Lipinski definition) is 6. The summed E-state index contributed by atoms with van der Waals surface area (Å²) in [6, 6.07) is 7.51. The van der Waals surface area contributed by atoms with Gasteiger partial charge in [-0.05, 0) is 59.9 Å². The molecule has 0 fully saturated rings. The van der Waals surface area contributed by atoms with Crippen LogP contribution in [0.2, 0.25) is 0 Å². The molecule has 30 heavy (non-hydrogen) atoms. The Morgan fingerprint density at radius 3 is 2.80 bits per heavy atom. The van der Waals surface area contributed by atoms with Crippen molar-refractivity contribution in [1.29, 1.82) is 5.26 Å². The maximum atomic E-state index is 10.7. The molecule has 1 heterocycles. The number of rotatable bonds is 6. The molecule has 6 nitrogen and oxygen atoms in total. The number of ether oxygens (including phenoxy) is 2. The molecule has 0 aliphatic heterocycles. The highest BCUT2D eigenvalue weighted by Crippen LogP contribution is 2.44. The molecule has 1 N–H and O–H groups in total. The summed E-state index contributed by atoms with van der Waals surface area (Å²) in [5.41, 5.74) is 2.87. The van der Waals surface area contributed by atoms with E-state index in [1.807, 2.05) is 0 Å². The number of hydrogen-bond donors (Lipinski definition) is 1. The lowest BCUT2D eigenvalue weighted by Gasteiger charge is -2.33. The summed E-state index contributed by atoms with van der Waals surface area (Å²) in [6.07, 6.45) is 4.72. The highest BCUT2D eigenvalue weighted by Gasteiger charge is 2.32. The largest absolute Gasteiger partial charge is 0.493 e. The molecule has 7 heteroatoms. The minimum atomic E-state index is -1.05. The van der Waals surface area contributed by atoms with E-state index in [0.717, 1.165) is 35.4 Å². The number of aliphatic carboxylic acids is 1. The summed E-state index contributed by atoms with van der Waals surface area (Å²) in [6.45, 7) is 6.39.